The Kier molecular flexibility index (Phi) is 4.11. The van der Waals surface area contributed by atoms with Crippen molar-refractivity contribution in [3.8, 4) is 0 Å². The van der Waals surface area contributed by atoms with Gasteiger partial charge in [0.05, 0.1) is 10.5 Å². The van der Waals surface area contributed by atoms with Crippen molar-refractivity contribution < 1.29 is 0 Å². The highest BCUT2D eigenvalue weighted by Gasteiger charge is 2.23. The molecule has 1 saturated carbocycles. The molecule has 20 heavy (non-hydrogen) atoms. The van der Waals surface area contributed by atoms with E-state index in [1.54, 1.807) is 6.20 Å². The summed E-state index contributed by atoms with van der Waals surface area (Å²) in [7, 11) is 0. The van der Waals surface area contributed by atoms with E-state index in [0.29, 0.717) is 6.04 Å². The lowest BCUT2D eigenvalue weighted by molar-refractivity contribution is 0.317. The minimum Gasteiger partial charge on any atom is -0.381 e. The quantitative estimate of drug-likeness (QED) is 0.832. The summed E-state index contributed by atoms with van der Waals surface area (Å²) in [4.78, 5) is 4.40. The Labute approximate surface area is 125 Å². The van der Waals surface area contributed by atoms with Crippen molar-refractivity contribution in [2.24, 2.45) is 5.92 Å². The lowest BCUT2D eigenvalue weighted by Gasteiger charge is -2.32. The van der Waals surface area contributed by atoms with Crippen molar-refractivity contribution in [1.82, 2.24) is 4.98 Å². The van der Waals surface area contributed by atoms with Crippen LogP contribution in [0.1, 0.15) is 39.0 Å². The first-order valence-corrected chi connectivity index (χ1v) is 7.97. The summed E-state index contributed by atoms with van der Waals surface area (Å²) < 4.78 is 0. The van der Waals surface area contributed by atoms with Gasteiger partial charge in [0.15, 0.2) is 0 Å². The van der Waals surface area contributed by atoms with Crippen molar-refractivity contribution in [3.63, 3.8) is 0 Å². The van der Waals surface area contributed by atoms with Gasteiger partial charge in [-0.2, -0.15) is 0 Å². The van der Waals surface area contributed by atoms with Crippen LogP contribution in [0.25, 0.3) is 10.9 Å². The lowest BCUT2D eigenvalue weighted by atomic mass is 9.82. The van der Waals surface area contributed by atoms with Crippen LogP contribution in [0.4, 0.5) is 5.69 Å². The molecule has 0 spiro atoms. The van der Waals surface area contributed by atoms with Crippen LogP contribution in [-0.4, -0.2) is 11.0 Å². The summed E-state index contributed by atoms with van der Waals surface area (Å²) in [6, 6.07) is 8.69. The molecule has 0 amide bonds. The fourth-order valence-corrected chi connectivity index (χ4v) is 3.56. The Hall–Kier alpha value is -1.28. The molecule has 0 bridgehead atoms. The summed E-state index contributed by atoms with van der Waals surface area (Å²) in [5.74, 6) is 0.783. The van der Waals surface area contributed by atoms with E-state index in [0.717, 1.165) is 21.8 Å². The van der Waals surface area contributed by atoms with Crippen molar-refractivity contribution >= 4 is 28.2 Å². The first-order valence-electron chi connectivity index (χ1n) is 7.59. The molecule has 3 heteroatoms. The number of halogens is 1. The SMILES string of the molecule is CCC1CCCCC1Nc1ccc(Cl)c2ncccc12. The van der Waals surface area contributed by atoms with E-state index >= 15 is 0 Å². The van der Waals surface area contributed by atoms with E-state index in [-0.39, 0.29) is 0 Å². The Morgan fingerprint density at radius 2 is 2.10 bits per heavy atom. The molecule has 1 aliphatic rings. The summed E-state index contributed by atoms with van der Waals surface area (Å²) in [6.45, 7) is 2.30. The van der Waals surface area contributed by atoms with E-state index in [9.17, 15) is 0 Å². The number of hydrogen-bond acceptors (Lipinski definition) is 2. The Bertz CT molecular complexity index is 597. The van der Waals surface area contributed by atoms with Gasteiger partial charge in [0.2, 0.25) is 0 Å². The number of benzene rings is 1. The summed E-state index contributed by atoms with van der Waals surface area (Å²) in [6.07, 6.45) is 8.37. The molecule has 1 aromatic carbocycles. The minimum absolute atomic E-state index is 0.582. The maximum Gasteiger partial charge on any atom is 0.0908 e. The van der Waals surface area contributed by atoms with Gasteiger partial charge in [-0.05, 0) is 43.0 Å². The van der Waals surface area contributed by atoms with Crippen LogP contribution >= 0.6 is 11.6 Å². The average molecular weight is 289 g/mol. The monoisotopic (exact) mass is 288 g/mol. The molecule has 0 saturated heterocycles. The second-order valence-electron chi connectivity index (χ2n) is 5.70. The zero-order chi connectivity index (χ0) is 13.9. The van der Waals surface area contributed by atoms with Crippen molar-refractivity contribution in [3.05, 3.63) is 35.5 Å². The van der Waals surface area contributed by atoms with Crippen LogP contribution in [0.15, 0.2) is 30.5 Å². The topological polar surface area (TPSA) is 24.9 Å². The second kappa shape index (κ2) is 6.01. The predicted molar refractivity (Wildman–Crippen MR) is 86.4 cm³/mol. The molecule has 1 aromatic heterocycles. The van der Waals surface area contributed by atoms with E-state index in [1.807, 2.05) is 12.1 Å². The zero-order valence-corrected chi connectivity index (χ0v) is 12.7. The Morgan fingerprint density at radius 1 is 1.25 bits per heavy atom. The van der Waals surface area contributed by atoms with Crippen LogP contribution in [0.3, 0.4) is 0 Å². The zero-order valence-electron chi connectivity index (χ0n) is 11.9. The smallest absolute Gasteiger partial charge is 0.0908 e. The van der Waals surface area contributed by atoms with Crippen molar-refractivity contribution in [2.75, 3.05) is 5.32 Å². The maximum absolute atomic E-state index is 6.24. The number of aromatic nitrogens is 1. The second-order valence-corrected chi connectivity index (χ2v) is 6.11. The minimum atomic E-state index is 0.582. The molecule has 2 unspecified atom stereocenters. The molecule has 1 fully saturated rings. The van der Waals surface area contributed by atoms with Gasteiger partial charge in [-0.15, -0.1) is 0 Å². The Balaban J connectivity index is 1.92. The van der Waals surface area contributed by atoms with Gasteiger partial charge in [-0.3, -0.25) is 4.98 Å². The van der Waals surface area contributed by atoms with Gasteiger partial charge < -0.3 is 5.32 Å². The molecule has 0 aliphatic heterocycles. The number of nitrogens with one attached hydrogen (secondary N) is 1. The normalized spacial score (nSPS) is 22.9. The molecule has 1 N–H and O–H groups in total. The number of rotatable bonds is 3. The van der Waals surface area contributed by atoms with Crippen LogP contribution in [0.2, 0.25) is 5.02 Å². The molecule has 106 valence electrons. The third-order valence-electron chi connectivity index (χ3n) is 4.49. The van der Waals surface area contributed by atoms with E-state index in [4.69, 9.17) is 11.6 Å². The van der Waals surface area contributed by atoms with Gasteiger partial charge in [0.1, 0.15) is 0 Å². The summed E-state index contributed by atoms with van der Waals surface area (Å²) in [5, 5.41) is 5.60. The standard InChI is InChI=1S/C17H21ClN2/c1-2-12-6-3-4-8-15(12)20-16-10-9-14(18)17-13(16)7-5-11-19-17/h5,7,9-12,15,20H,2-4,6,8H2,1H3. The number of fused-ring (bicyclic) bond motifs is 1. The first kappa shape index (κ1) is 13.7. The molecule has 2 atom stereocenters. The number of hydrogen-bond donors (Lipinski definition) is 1. The fourth-order valence-electron chi connectivity index (χ4n) is 3.35. The third kappa shape index (κ3) is 2.62. The van der Waals surface area contributed by atoms with Crippen LogP contribution in [-0.2, 0) is 0 Å². The highest BCUT2D eigenvalue weighted by atomic mass is 35.5. The van der Waals surface area contributed by atoms with Gasteiger partial charge >= 0.3 is 0 Å². The predicted octanol–water partition coefficient (Wildman–Crippen LogP) is 5.27. The first-order chi connectivity index (χ1) is 9.79. The summed E-state index contributed by atoms with van der Waals surface area (Å²) in [5.41, 5.74) is 2.06. The van der Waals surface area contributed by atoms with Crippen molar-refractivity contribution in [1.29, 1.82) is 0 Å². The molecule has 2 aromatic rings. The Morgan fingerprint density at radius 3 is 2.95 bits per heavy atom. The molecule has 1 heterocycles. The van der Waals surface area contributed by atoms with E-state index in [1.165, 1.54) is 37.8 Å². The van der Waals surface area contributed by atoms with Crippen molar-refractivity contribution in [2.45, 2.75) is 45.1 Å². The molecule has 3 rings (SSSR count). The highest BCUT2D eigenvalue weighted by Crippen LogP contribution is 2.33. The molecule has 1 aliphatic carbocycles. The largest absolute Gasteiger partial charge is 0.381 e. The van der Waals surface area contributed by atoms with Gasteiger partial charge in [0.25, 0.3) is 0 Å². The molecule has 0 radical (unpaired) electrons. The van der Waals surface area contributed by atoms with E-state index in [2.05, 4.69) is 29.4 Å². The maximum atomic E-state index is 6.24. The number of nitrogens with zero attached hydrogens (tertiary/aromatic N) is 1. The lowest BCUT2D eigenvalue weighted by Crippen LogP contribution is -2.31. The van der Waals surface area contributed by atoms with Gasteiger partial charge in [-0.1, -0.05) is 37.8 Å². The van der Waals surface area contributed by atoms with Crippen LogP contribution < -0.4 is 5.32 Å². The molecular formula is C17H21ClN2. The van der Waals surface area contributed by atoms with Gasteiger partial charge in [0, 0.05) is 23.3 Å². The highest BCUT2D eigenvalue weighted by molar-refractivity contribution is 6.35. The number of anilines is 1. The summed E-state index contributed by atoms with van der Waals surface area (Å²) >= 11 is 6.24. The number of pyridine rings is 1. The van der Waals surface area contributed by atoms with Gasteiger partial charge in [-0.25, -0.2) is 0 Å². The van der Waals surface area contributed by atoms with E-state index < -0.39 is 0 Å². The molecular weight excluding hydrogens is 268 g/mol. The van der Waals surface area contributed by atoms with Crippen LogP contribution in [0.5, 0.6) is 0 Å². The third-order valence-corrected chi connectivity index (χ3v) is 4.80. The fraction of sp³-hybridized carbons (Fsp3) is 0.471. The van der Waals surface area contributed by atoms with Crippen LogP contribution in [0, 0.1) is 5.92 Å². The molecule has 2 nitrogen and oxygen atoms in total. The average Bonchev–Trinajstić information content (AvgIpc) is 2.51.